The van der Waals surface area contributed by atoms with Gasteiger partial charge in [0.1, 0.15) is 28.6 Å². The van der Waals surface area contributed by atoms with Crippen molar-refractivity contribution in [2.24, 2.45) is 76.7 Å². The van der Waals surface area contributed by atoms with Crippen molar-refractivity contribution in [2.75, 3.05) is 0 Å². The number of nitrogens with two attached hydrogens (primary N) is 1. The van der Waals surface area contributed by atoms with Gasteiger partial charge in [-0.2, -0.15) is 0 Å². The number of halogens is 2. The van der Waals surface area contributed by atoms with Crippen LogP contribution in [0.25, 0.3) is 22.3 Å². The number of aromatic carboxylic acids is 1. The number of phenolic OH excluding ortho intramolecular Hbond substituents is 3. The lowest BCUT2D eigenvalue weighted by atomic mass is 9.53. The second-order valence-electron chi connectivity index (χ2n) is 33.9. The first-order valence-electron chi connectivity index (χ1n) is 38.0. The minimum atomic E-state index is -1.34. The molecule has 14 nitrogen and oxygen atoms in total. The van der Waals surface area contributed by atoms with Crippen molar-refractivity contribution >= 4 is 62.2 Å². The number of carbonyl (C=O) groups is 3. The molecule has 16 aliphatic rings. The summed E-state index contributed by atoms with van der Waals surface area (Å²) in [6.45, 7) is 0.785. The van der Waals surface area contributed by atoms with E-state index in [0.717, 1.165) is 148 Å². The number of benzene rings is 7. The smallest absolute Gasteiger partial charge is 0.488 e. The summed E-state index contributed by atoms with van der Waals surface area (Å²) in [5.74, 6) is 9.60. The molecule has 23 rings (SSSR count). The lowest BCUT2D eigenvalue weighted by molar-refractivity contribution is -0.0206. The first-order valence-corrected chi connectivity index (χ1v) is 39.6. The zero-order chi connectivity index (χ0) is 71.8. The molecule has 0 spiro atoms. The van der Waals surface area contributed by atoms with Crippen LogP contribution < -0.4 is 27.1 Å². The summed E-state index contributed by atoms with van der Waals surface area (Å²) >= 11 is 6.40. The summed E-state index contributed by atoms with van der Waals surface area (Å²) in [6, 6.07) is 49.6. The zero-order valence-corrected chi connectivity index (χ0v) is 62.1. The van der Waals surface area contributed by atoms with E-state index in [1.807, 2.05) is 66.7 Å². The van der Waals surface area contributed by atoms with Crippen LogP contribution in [0, 0.1) is 71.0 Å². The van der Waals surface area contributed by atoms with Crippen LogP contribution in [-0.2, 0) is 6.54 Å². The number of hydrogen-bond acceptors (Lipinski definition) is 11. The molecule has 105 heavy (non-hydrogen) atoms. The molecule has 0 atom stereocenters. The molecule has 0 radical (unpaired) electrons. The van der Waals surface area contributed by atoms with Crippen LogP contribution >= 0.6 is 31.9 Å². The number of hydrogen-bond donors (Lipinski definition) is 11. The van der Waals surface area contributed by atoms with Crippen molar-refractivity contribution < 1.29 is 50.0 Å². The second-order valence-corrected chi connectivity index (χ2v) is 35.7. The standard InChI is InChI=1S/C23H25NO2.C23H27NO.C17H20BrNO2.C10H17N.C7H5BrO3.C6H7BO2.2CH4/c25-21-11-19(18-4-2-1-3-5-18)6-7-20(21)22(26)24-23-12-15-8-16(13-23)10-17(9-15)14-23;25-22-11-20(19-4-2-1-3-5-19)6-7-21(22)15-24-23-12-16-8-17(13-23)10-18(9-16)14-23;18-13-1-2-14(15(20)6-13)16(21)19-17-7-10-3-11(8-17)5-12(4-10)9-17;11-10-4-7-1-8(5-10)3-9(2-7)6-10;8-4-1-2-5(7(10)11)6(9)3-4;8-7(9)6-4-2-1-3-5-6;;/h1-7,11,15-17,25H,8-10,12-14H2,(H,24,26);1-7,11,16-18,24-25H,8-10,12-15H2;1-2,6,10-12,20H,3-5,7-9H2,(H,19,21);7-9H,1-6,11H2;1-3,9H,(H,10,11);1-5,8-9H;2*1H4. The highest BCUT2D eigenvalue weighted by molar-refractivity contribution is 9.10. The van der Waals surface area contributed by atoms with Gasteiger partial charge in [-0.3, -0.25) is 9.59 Å². The minimum Gasteiger partial charge on any atom is -0.508 e. The van der Waals surface area contributed by atoms with Gasteiger partial charge in [-0.15, -0.1) is 0 Å². The van der Waals surface area contributed by atoms with Gasteiger partial charge in [-0.1, -0.05) is 156 Å². The van der Waals surface area contributed by atoms with Gasteiger partial charge < -0.3 is 57.3 Å². The third kappa shape index (κ3) is 18.6. The zero-order valence-electron chi connectivity index (χ0n) is 59.0. The summed E-state index contributed by atoms with van der Waals surface area (Å²) in [5, 5.41) is 76.2. The molecule has 7 aromatic carbocycles. The second kappa shape index (κ2) is 32.8. The topological polar surface area (TPSA) is 255 Å². The predicted molar refractivity (Wildman–Crippen MR) is 425 cm³/mol. The van der Waals surface area contributed by atoms with Gasteiger partial charge in [-0.05, 0) is 307 Å². The average molecular weight is 1550 g/mol. The van der Waals surface area contributed by atoms with Gasteiger partial charge in [0.15, 0.2) is 0 Å². The van der Waals surface area contributed by atoms with Crippen LogP contribution in [0.1, 0.15) is 206 Å². The molecule has 16 fully saturated rings. The Labute approximate surface area is 638 Å². The third-order valence-corrected chi connectivity index (χ3v) is 26.6. The minimum absolute atomic E-state index is 0. The number of aromatic hydroxyl groups is 4. The Balaban J connectivity index is 0.000000123. The highest BCUT2D eigenvalue weighted by Crippen LogP contribution is 2.59. The molecule has 0 unspecified atom stereocenters. The molecule has 7 aromatic rings. The van der Waals surface area contributed by atoms with Crippen LogP contribution in [0.5, 0.6) is 23.0 Å². The first-order chi connectivity index (χ1) is 49.5. The van der Waals surface area contributed by atoms with E-state index < -0.39 is 13.1 Å². The predicted octanol–water partition coefficient (Wildman–Crippen LogP) is 18.1. The van der Waals surface area contributed by atoms with Gasteiger partial charge in [0.25, 0.3) is 11.8 Å². The van der Waals surface area contributed by atoms with Crippen LogP contribution in [-0.4, -0.2) is 82.6 Å². The maximum absolute atomic E-state index is 12.9. The lowest BCUT2D eigenvalue weighted by Crippen LogP contribution is -2.59. The number of carbonyl (C=O) groups excluding carboxylic acids is 2. The Morgan fingerprint density at radius 1 is 0.381 bits per heavy atom. The molecule has 0 heterocycles. The summed E-state index contributed by atoms with van der Waals surface area (Å²) in [7, 11) is -1.34. The molecule has 558 valence electrons. The van der Waals surface area contributed by atoms with Gasteiger partial charge in [0, 0.05) is 43.2 Å². The van der Waals surface area contributed by atoms with Crippen molar-refractivity contribution in [2.45, 2.75) is 198 Å². The van der Waals surface area contributed by atoms with Gasteiger partial charge in [0.2, 0.25) is 0 Å². The van der Waals surface area contributed by atoms with Crippen LogP contribution in [0.2, 0.25) is 0 Å². The van der Waals surface area contributed by atoms with E-state index in [1.165, 1.54) is 128 Å². The van der Waals surface area contributed by atoms with Crippen molar-refractivity contribution in [3.05, 3.63) is 195 Å². The normalized spacial score (nSPS) is 31.1. The number of carboxylic acids is 1. The van der Waals surface area contributed by atoms with E-state index in [-0.39, 0.29) is 60.6 Å². The number of phenols is 4. The Morgan fingerprint density at radius 2 is 0.686 bits per heavy atom. The molecule has 12 N–H and O–H groups in total. The summed E-state index contributed by atoms with van der Waals surface area (Å²) in [4.78, 5) is 35.9. The fourth-order valence-corrected chi connectivity index (χ4v) is 23.7. The highest BCUT2D eigenvalue weighted by Gasteiger charge is 2.54. The molecule has 0 aliphatic heterocycles. The van der Waals surface area contributed by atoms with Crippen LogP contribution in [0.3, 0.4) is 0 Å². The van der Waals surface area contributed by atoms with Crippen molar-refractivity contribution in [1.82, 2.24) is 16.0 Å². The Bertz CT molecular complexity index is 4020. The summed E-state index contributed by atoms with van der Waals surface area (Å²) in [6.07, 6.45) is 31.9. The summed E-state index contributed by atoms with van der Waals surface area (Å²) in [5.41, 5.74) is 13.4. The van der Waals surface area contributed by atoms with E-state index in [0.29, 0.717) is 37.9 Å². The number of carboxylic acid groups (broad SMARTS) is 1. The quantitative estimate of drug-likeness (QED) is 0.0541. The van der Waals surface area contributed by atoms with E-state index >= 15 is 0 Å². The number of nitrogens with one attached hydrogen (secondary N) is 3. The van der Waals surface area contributed by atoms with Gasteiger partial charge in [-0.25, -0.2) is 4.79 Å². The lowest BCUT2D eigenvalue weighted by Gasteiger charge is -2.57. The van der Waals surface area contributed by atoms with Crippen LogP contribution in [0.4, 0.5) is 0 Å². The monoisotopic (exact) mass is 1550 g/mol. The van der Waals surface area contributed by atoms with E-state index in [4.69, 9.17) is 26.0 Å². The largest absolute Gasteiger partial charge is 0.508 e. The first kappa shape index (κ1) is 77.6. The fourth-order valence-electron chi connectivity index (χ4n) is 23.0. The maximum Gasteiger partial charge on any atom is 0.488 e. The Morgan fingerprint density at radius 3 is 1.00 bits per heavy atom. The SMILES string of the molecule is C.C.NC12CC3CC(CC(C3)C1)C2.O=C(NC12CC3CC(CC(C3)C1)C2)c1ccc(-c2ccccc2)cc1O.O=C(NC12CC3CC(CC(C3)C1)C2)c1ccc(Br)cc1O.O=C(O)c1ccc(Br)cc1O.OB(O)c1ccccc1.Oc1cc(-c2ccccc2)ccc1CNC12CC3CC(CC(C3)C1)C2. The Kier molecular flexibility index (Phi) is 24.3. The molecule has 16 bridgehead atoms. The van der Waals surface area contributed by atoms with Crippen molar-refractivity contribution in [3.8, 4) is 45.3 Å². The third-order valence-electron chi connectivity index (χ3n) is 25.6. The number of rotatable bonds is 11. The maximum atomic E-state index is 12.9. The molecule has 17 heteroatoms. The van der Waals surface area contributed by atoms with Crippen molar-refractivity contribution in [1.29, 1.82) is 0 Å². The molecule has 0 saturated heterocycles. The molecule has 2 amide bonds. The summed E-state index contributed by atoms with van der Waals surface area (Å²) < 4.78 is 1.44. The van der Waals surface area contributed by atoms with Gasteiger partial charge in [0.05, 0.1) is 11.1 Å². The molecular weight excluding hydrogens is 1440 g/mol. The molecule has 0 aromatic heterocycles. The highest BCUT2D eigenvalue weighted by atomic mass is 79.9. The van der Waals surface area contributed by atoms with E-state index in [9.17, 15) is 29.7 Å². The molecule has 16 aliphatic carbocycles. The Hall–Kier alpha value is -6.99. The van der Waals surface area contributed by atoms with E-state index in [2.05, 4.69) is 72.1 Å². The fraction of sp³-hybridized carbons (Fsp3) is 0.489. The number of amides is 2. The van der Waals surface area contributed by atoms with E-state index in [1.54, 1.807) is 60.7 Å². The molecule has 16 saturated carbocycles. The van der Waals surface area contributed by atoms with Crippen molar-refractivity contribution in [3.63, 3.8) is 0 Å². The molecular formula is C88H109BBr2N4O10. The van der Waals surface area contributed by atoms with Crippen LogP contribution in [0.15, 0.2) is 173 Å². The average Bonchev–Trinajstić information content (AvgIpc) is 0.766. The van der Waals surface area contributed by atoms with Gasteiger partial charge >= 0.3 is 13.1 Å².